The summed E-state index contributed by atoms with van der Waals surface area (Å²) in [6.45, 7) is 6.53. The zero-order chi connectivity index (χ0) is 16.1. The standard InChI is InChI=1S/C17H22N2O3/c1-11(2)17(21)19-7-6-18-16(20)9-13-10-22-15-8-12(3)4-5-14(13)15/h4-5,8,10-11H,6-7,9H2,1-3H3,(H,18,20)(H,19,21). The quantitative estimate of drug-likeness (QED) is 0.803. The van der Waals surface area contributed by atoms with Crippen LogP contribution in [0.25, 0.3) is 11.0 Å². The molecule has 0 saturated carbocycles. The molecule has 0 bridgehead atoms. The maximum Gasteiger partial charge on any atom is 0.224 e. The van der Waals surface area contributed by atoms with Crippen LogP contribution < -0.4 is 10.6 Å². The Morgan fingerprint density at radius 2 is 1.91 bits per heavy atom. The summed E-state index contributed by atoms with van der Waals surface area (Å²) in [6, 6.07) is 5.93. The van der Waals surface area contributed by atoms with Gasteiger partial charge in [0.15, 0.2) is 0 Å². The lowest BCUT2D eigenvalue weighted by atomic mass is 10.1. The zero-order valence-corrected chi connectivity index (χ0v) is 13.2. The molecule has 0 spiro atoms. The van der Waals surface area contributed by atoms with E-state index in [9.17, 15) is 9.59 Å². The van der Waals surface area contributed by atoms with Crippen LogP contribution in [0.4, 0.5) is 0 Å². The molecule has 2 rings (SSSR count). The highest BCUT2D eigenvalue weighted by Gasteiger charge is 2.10. The van der Waals surface area contributed by atoms with E-state index in [2.05, 4.69) is 10.6 Å². The van der Waals surface area contributed by atoms with Crippen molar-refractivity contribution in [2.45, 2.75) is 27.2 Å². The summed E-state index contributed by atoms with van der Waals surface area (Å²) in [6.07, 6.45) is 1.90. The van der Waals surface area contributed by atoms with E-state index in [-0.39, 0.29) is 24.2 Å². The minimum atomic E-state index is -0.0814. The molecule has 1 heterocycles. The summed E-state index contributed by atoms with van der Waals surface area (Å²) in [7, 11) is 0. The van der Waals surface area contributed by atoms with Gasteiger partial charge in [-0.05, 0) is 18.6 Å². The van der Waals surface area contributed by atoms with Crippen molar-refractivity contribution in [1.29, 1.82) is 0 Å². The molecule has 5 heteroatoms. The Balaban J connectivity index is 1.83. The fraction of sp³-hybridized carbons (Fsp3) is 0.412. The van der Waals surface area contributed by atoms with Crippen LogP contribution in [0.15, 0.2) is 28.9 Å². The van der Waals surface area contributed by atoms with Gasteiger partial charge < -0.3 is 15.1 Å². The average molecular weight is 302 g/mol. The third kappa shape index (κ3) is 4.10. The average Bonchev–Trinajstić information content (AvgIpc) is 2.85. The van der Waals surface area contributed by atoms with Crippen molar-refractivity contribution in [2.24, 2.45) is 5.92 Å². The van der Waals surface area contributed by atoms with Crippen LogP contribution >= 0.6 is 0 Å². The predicted octanol–water partition coefficient (Wildman–Crippen LogP) is 2.17. The van der Waals surface area contributed by atoms with Gasteiger partial charge in [-0.15, -0.1) is 0 Å². The molecule has 2 aromatic rings. The molecule has 2 amide bonds. The number of hydrogen-bond donors (Lipinski definition) is 2. The number of carbonyl (C=O) groups is 2. The number of fused-ring (bicyclic) bond motifs is 1. The van der Waals surface area contributed by atoms with E-state index < -0.39 is 0 Å². The molecule has 0 radical (unpaired) electrons. The molecule has 1 aromatic carbocycles. The third-order valence-electron chi connectivity index (χ3n) is 3.43. The molecule has 118 valence electrons. The van der Waals surface area contributed by atoms with Gasteiger partial charge in [-0.3, -0.25) is 9.59 Å². The number of nitrogens with one attached hydrogen (secondary N) is 2. The summed E-state index contributed by atoms with van der Waals surface area (Å²) in [4.78, 5) is 23.3. The van der Waals surface area contributed by atoms with E-state index >= 15 is 0 Å². The van der Waals surface area contributed by atoms with E-state index in [0.29, 0.717) is 13.1 Å². The molecule has 2 N–H and O–H groups in total. The van der Waals surface area contributed by atoms with Crippen LogP contribution in [0.3, 0.4) is 0 Å². The molecular weight excluding hydrogens is 280 g/mol. The summed E-state index contributed by atoms with van der Waals surface area (Å²) in [5.41, 5.74) is 2.80. The van der Waals surface area contributed by atoms with Crippen molar-refractivity contribution >= 4 is 22.8 Å². The largest absolute Gasteiger partial charge is 0.464 e. The molecule has 0 unspecified atom stereocenters. The molecule has 0 atom stereocenters. The van der Waals surface area contributed by atoms with Crippen LogP contribution in [-0.2, 0) is 16.0 Å². The monoisotopic (exact) mass is 302 g/mol. The maximum absolute atomic E-state index is 11.9. The van der Waals surface area contributed by atoms with Crippen molar-refractivity contribution in [3.63, 3.8) is 0 Å². The van der Waals surface area contributed by atoms with Gasteiger partial charge in [0.1, 0.15) is 5.58 Å². The smallest absolute Gasteiger partial charge is 0.224 e. The Morgan fingerprint density at radius 3 is 2.64 bits per heavy atom. The molecule has 5 nitrogen and oxygen atoms in total. The molecule has 0 saturated heterocycles. The van der Waals surface area contributed by atoms with Crippen LogP contribution in [0.1, 0.15) is 25.0 Å². The number of hydrogen-bond acceptors (Lipinski definition) is 3. The van der Waals surface area contributed by atoms with E-state index in [1.807, 2.05) is 39.0 Å². The highest BCUT2D eigenvalue weighted by Crippen LogP contribution is 2.22. The molecule has 22 heavy (non-hydrogen) atoms. The highest BCUT2D eigenvalue weighted by molar-refractivity contribution is 5.88. The second-order valence-electron chi connectivity index (χ2n) is 5.73. The molecule has 0 aliphatic rings. The van der Waals surface area contributed by atoms with Gasteiger partial charge in [0.05, 0.1) is 12.7 Å². The predicted molar refractivity (Wildman–Crippen MR) is 85.5 cm³/mol. The second kappa shape index (κ2) is 7.11. The lowest BCUT2D eigenvalue weighted by Crippen LogP contribution is -2.36. The lowest BCUT2D eigenvalue weighted by Gasteiger charge is -2.08. The second-order valence-corrected chi connectivity index (χ2v) is 5.73. The van der Waals surface area contributed by atoms with Crippen molar-refractivity contribution in [3.8, 4) is 0 Å². The van der Waals surface area contributed by atoms with Crippen molar-refractivity contribution < 1.29 is 14.0 Å². The lowest BCUT2D eigenvalue weighted by molar-refractivity contribution is -0.124. The van der Waals surface area contributed by atoms with E-state index in [1.165, 1.54) is 0 Å². The van der Waals surface area contributed by atoms with Crippen molar-refractivity contribution in [2.75, 3.05) is 13.1 Å². The Hall–Kier alpha value is -2.30. The van der Waals surface area contributed by atoms with Crippen LogP contribution in [0, 0.1) is 12.8 Å². The molecular formula is C17H22N2O3. The van der Waals surface area contributed by atoms with Gasteiger partial charge in [0.2, 0.25) is 11.8 Å². The number of furan rings is 1. The molecule has 0 aliphatic carbocycles. The van der Waals surface area contributed by atoms with Gasteiger partial charge in [-0.1, -0.05) is 26.0 Å². The first kappa shape index (κ1) is 16.1. The fourth-order valence-corrected chi connectivity index (χ4v) is 2.15. The number of benzene rings is 1. The third-order valence-corrected chi connectivity index (χ3v) is 3.43. The normalized spacial score (nSPS) is 10.9. The Labute approximate surface area is 130 Å². The summed E-state index contributed by atoms with van der Waals surface area (Å²) in [5.74, 6) is -0.135. The fourth-order valence-electron chi connectivity index (χ4n) is 2.15. The maximum atomic E-state index is 11.9. The van der Waals surface area contributed by atoms with E-state index in [1.54, 1.807) is 6.26 Å². The minimum Gasteiger partial charge on any atom is -0.464 e. The van der Waals surface area contributed by atoms with Crippen molar-refractivity contribution in [3.05, 3.63) is 35.6 Å². The first-order valence-corrected chi connectivity index (χ1v) is 7.48. The molecule has 1 aromatic heterocycles. The number of rotatable bonds is 6. The summed E-state index contributed by atoms with van der Waals surface area (Å²) < 4.78 is 5.48. The van der Waals surface area contributed by atoms with Crippen molar-refractivity contribution in [1.82, 2.24) is 10.6 Å². The Kier molecular flexibility index (Phi) is 5.20. The SMILES string of the molecule is Cc1ccc2c(CC(=O)NCCNC(=O)C(C)C)coc2c1. The molecule has 0 aliphatic heterocycles. The Bertz CT molecular complexity index is 674. The summed E-state index contributed by atoms with van der Waals surface area (Å²) >= 11 is 0. The number of carbonyl (C=O) groups excluding carboxylic acids is 2. The van der Waals surface area contributed by atoms with Gasteiger partial charge in [-0.2, -0.15) is 0 Å². The van der Waals surface area contributed by atoms with Gasteiger partial charge in [0, 0.05) is 30.0 Å². The Morgan fingerprint density at radius 1 is 1.18 bits per heavy atom. The first-order valence-electron chi connectivity index (χ1n) is 7.48. The van der Waals surface area contributed by atoms with Gasteiger partial charge in [-0.25, -0.2) is 0 Å². The van der Waals surface area contributed by atoms with E-state index in [4.69, 9.17) is 4.42 Å². The van der Waals surface area contributed by atoms with E-state index in [0.717, 1.165) is 22.1 Å². The summed E-state index contributed by atoms with van der Waals surface area (Å²) in [5, 5.41) is 6.52. The van der Waals surface area contributed by atoms with Gasteiger partial charge >= 0.3 is 0 Å². The van der Waals surface area contributed by atoms with Crippen LogP contribution in [0.5, 0.6) is 0 Å². The van der Waals surface area contributed by atoms with Crippen LogP contribution in [-0.4, -0.2) is 24.9 Å². The van der Waals surface area contributed by atoms with Crippen LogP contribution in [0.2, 0.25) is 0 Å². The molecule has 0 fully saturated rings. The zero-order valence-electron chi connectivity index (χ0n) is 13.2. The van der Waals surface area contributed by atoms with Gasteiger partial charge in [0.25, 0.3) is 0 Å². The highest BCUT2D eigenvalue weighted by atomic mass is 16.3. The number of amides is 2. The minimum absolute atomic E-state index is 0.00884. The first-order chi connectivity index (χ1) is 10.5. The topological polar surface area (TPSA) is 71.3 Å². The number of aryl methyl sites for hydroxylation is 1.